The Labute approximate surface area is 269 Å². The summed E-state index contributed by atoms with van der Waals surface area (Å²) in [5, 5.41) is 29.8. The maximum Gasteiger partial charge on any atom is 0.422 e. The van der Waals surface area contributed by atoms with Gasteiger partial charge in [0.25, 0.3) is 0 Å². The monoisotopic (exact) mass is 712 g/mol. The number of aliphatic hydroxyl groups excluding tert-OH is 2. The number of anilines is 2. The Bertz CT molecular complexity index is 1720. The minimum atomic E-state index is -4.73. The number of nitrogens with two attached hydrogens (primary N) is 1. The van der Waals surface area contributed by atoms with Crippen molar-refractivity contribution in [2.45, 2.75) is 48.4 Å². The van der Waals surface area contributed by atoms with Crippen molar-refractivity contribution in [1.29, 1.82) is 0 Å². The van der Waals surface area contributed by atoms with Crippen molar-refractivity contribution < 1.29 is 54.1 Å². The van der Waals surface area contributed by atoms with Crippen LogP contribution in [0.3, 0.4) is 0 Å². The Kier molecular flexibility index (Phi) is 11.5. The number of sulfonamides is 1. The van der Waals surface area contributed by atoms with E-state index in [4.69, 9.17) is 15.0 Å². The molecule has 18 heteroatoms. The second-order valence-corrected chi connectivity index (χ2v) is 13.4. The molecule has 47 heavy (non-hydrogen) atoms. The van der Waals surface area contributed by atoms with Crippen molar-refractivity contribution in [3.8, 4) is 17.6 Å². The first kappa shape index (κ1) is 36.5. The lowest BCUT2D eigenvalue weighted by Crippen LogP contribution is -2.50. The van der Waals surface area contributed by atoms with Crippen molar-refractivity contribution in [2.75, 3.05) is 50.0 Å². The molecule has 0 aliphatic carbocycles. The average molecular weight is 713 g/mol. The molecular weight excluding hydrogens is 681 g/mol. The van der Waals surface area contributed by atoms with Gasteiger partial charge in [-0.1, -0.05) is 24.0 Å². The predicted molar refractivity (Wildman–Crippen MR) is 163 cm³/mol. The highest BCUT2D eigenvalue weighted by Gasteiger charge is 2.33. The first-order valence-electron chi connectivity index (χ1n) is 14.1. The molecule has 2 aromatic carbocycles. The topological polar surface area (TPSA) is 137 Å². The summed E-state index contributed by atoms with van der Waals surface area (Å²) in [4.78, 5) is 1.26. The van der Waals surface area contributed by atoms with Crippen LogP contribution in [0, 0.1) is 11.8 Å². The zero-order chi connectivity index (χ0) is 34.6. The summed E-state index contributed by atoms with van der Waals surface area (Å²) in [6.45, 7) is -1.93. The van der Waals surface area contributed by atoms with Gasteiger partial charge < -0.3 is 25.6 Å². The van der Waals surface area contributed by atoms with Gasteiger partial charge in [-0.15, -0.1) is 11.3 Å². The van der Waals surface area contributed by atoms with E-state index in [1.54, 1.807) is 17.0 Å². The standard InChI is InChI=1S/C29H31F7N4O5S2/c30-21-14-40(13-17(42)15-41)10-8-22(21)39-24-4-1-3-19-20(12-28(31,32)33)26(46-27(19)24)5-2-9-38-23-7-6-18(47(37,43)44)11-25(23)45-16-29(34,35)36/h1,3-4,6-7,11,17,21-22,38-39,41-42H,8-10,12-16H2,(H2,37,43,44). The number of fused-ring (bicyclic) bond motifs is 1. The number of piperidine rings is 1. The van der Waals surface area contributed by atoms with E-state index in [2.05, 4.69) is 22.5 Å². The molecule has 6 N–H and O–H groups in total. The van der Waals surface area contributed by atoms with Gasteiger partial charge in [0, 0.05) is 25.7 Å². The van der Waals surface area contributed by atoms with Crippen molar-refractivity contribution in [2.24, 2.45) is 5.14 Å². The highest BCUT2D eigenvalue weighted by molar-refractivity contribution is 7.89. The van der Waals surface area contributed by atoms with Gasteiger partial charge >= 0.3 is 12.4 Å². The van der Waals surface area contributed by atoms with E-state index >= 15 is 4.39 Å². The van der Waals surface area contributed by atoms with E-state index in [0.29, 0.717) is 23.4 Å². The number of alkyl halides is 7. The molecule has 258 valence electrons. The lowest BCUT2D eigenvalue weighted by molar-refractivity contribution is -0.153. The summed E-state index contributed by atoms with van der Waals surface area (Å²) in [5.74, 6) is 4.87. The zero-order valence-corrected chi connectivity index (χ0v) is 26.1. The van der Waals surface area contributed by atoms with E-state index in [0.717, 1.165) is 29.5 Å². The first-order chi connectivity index (χ1) is 21.9. The maximum atomic E-state index is 15.1. The first-order valence-corrected chi connectivity index (χ1v) is 16.4. The lowest BCUT2D eigenvalue weighted by atomic mass is 10.0. The molecule has 3 unspecified atom stereocenters. The number of hydrogen-bond donors (Lipinski definition) is 5. The molecule has 3 aromatic rings. The van der Waals surface area contributed by atoms with Crippen LogP contribution in [0.15, 0.2) is 41.3 Å². The van der Waals surface area contributed by atoms with Crippen LogP contribution in [-0.2, 0) is 16.4 Å². The number of likely N-dealkylation sites (tertiary alicyclic amines) is 1. The van der Waals surface area contributed by atoms with E-state index in [1.807, 2.05) is 0 Å². The Hall–Kier alpha value is -3.34. The molecule has 1 aliphatic rings. The Morgan fingerprint density at radius 3 is 2.51 bits per heavy atom. The molecular formula is C29H31F7N4O5S2. The van der Waals surface area contributed by atoms with Gasteiger partial charge in [-0.25, -0.2) is 17.9 Å². The summed E-state index contributed by atoms with van der Waals surface area (Å²) in [5.41, 5.74) is 0.261. The molecule has 1 saturated heterocycles. The second kappa shape index (κ2) is 14.8. The van der Waals surface area contributed by atoms with Crippen LogP contribution in [-0.4, -0.2) is 93.6 Å². The molecule has 2 heterocycles. The summed E-state index contributed by atoms with van der Waals surface area (Å²) < 4.78 is 123. The fraction of sp³-hybridized carbons (Fsp3) is 0.448. The summed E-state index contributed by atoms with van der Waals surface area (Å²) >= 11 is 0.970. The van der Waals surface area contributed by atoms with Crippen molar-refractivity contribution in [1.82, 2.24) is 4.90 Å². The van der Waals surface area contributed by atoms with Gasteiger partial charge in [0.05, 0.1) is 57.6 Å². The Morgan fingerprint density at radius 2 is 1.87 bits per heavy atom. The average Bonchev–Trinajstić information content (AvgIpc) is 3.31. The largest absolute Gasteiger partial charge is 0.482 e. The van der Waals surface area contributed by atoms with Crippen LogP contribution in [0.1, 0.15) is 16.9 Å². The number of rotatable bonds is 11. The summed E-state index contributed by atoms with van der Waals surface area (Å²) in [6.07, 6.45) is -12.7. The fourth-order valence-corrected chi connectivity index (χ4v) is 6.68. The second-order valence-electron chi connectivity index (χ2n) is 10.8. The third kappa shape index (κ3) is 10.3. The molecule has 1 aliphatic heterocycles. The number of ether oxygens (including phenoxy) is 1. The maximum absolute atomic E-state index is 15.1. The number of primary sulfonamides is 1. The van der Waals surface area contributed by atoms with Crippen LogP contribution < -0.4 is 20.5 Å². The highest BCUT2D eigenvalue weighted by Crippen LogP contribution is 2.39. The number of nitrogens with zero attached hydrogens (tertiary/aromatic N) is 1. The summed E-state index contributed by atoms with van der Waals surface area (Å²) in [6, 6.07) is 6.98. The minimum absolute atomic E-state index is 0.00802. The van der Waals surface area contributed by atoms with Gasteiger partial charge in [-0.2, -0.15) is 26.3 Å². The SMILES string of the molecule is NS(=O)(=O)c1ccc(NCC#Cc2sc3c(NC4CCN(CC(O)CO)CC4F)cccc3c2CC(F)(F)F)c(OCC(F)(F)F)c1. The van der Waals surface area contributed by atoms with Crippen LogP contribution in [0.2, 0.25) is 0 Å². The van der Waals surface area contributed by atoms with E-state index < -0.39 is 71.0 Å². The molecule has 0 spiro atoms. The Balaban J connectivity index is 1.57. The van der Waals surface area contributed by atoms with Crippen LogP contribution >= 0.6 is 11.3 Å². The van der Waals surface area contributed by atoms with Crippen LogP contribution in [0.25, 0.3) is 10.1 Å². The molecule has 1 aromatic heterocycles. The van der Waals surface area contributed by atoms with Crippen molar-refractivity contribution in [3.05, 3.63) is 46.8 Å². The molecule has 3 atom stereocenters. The normalized spacial score (nSPS) is 18.4. The van der Waals surface area contributed by atoms with Crippen molar-refractivity contribution in [3.63, 3.8) is 0 Å². The number of thiophene rings is 1. The number of benzene rings is 2. The van der Waals surface area contributed by atoms with Crippen LogP contribution in [0.4, 0.5) is 42.1 Å². The third-order valence-electron chi connectivity index (χ3n) is 7.08. The van der Waals surface area contributed by atoms with E-state index in [1.165, 1.54) is 6.07 Å². The number of nitrogens with one attached hydrogen (secondary N) is 2. The minimum Gasteiger partial charge on any atom is -0.482 e. The highest BCUT2D eigenvalue weighted by atomic mass is 32.2. The molecule has 1 fully saturated rings. The van der Waals surface area contributed by atoms with E-state index in [-0.39, 0.29) is 41.1 Å². The number of hydrogen-bond acceptors (Lipinski definition) is 9. The molecule has 4 rings (SSSR count). The third-order valence-corrected chi connectivity index (χ3v) is 9.19. The molecule has 9 nitrogen and oxygen atoms in total. The van der Waals surface area contributed by atoms with Gasteiger partial charge in [0.15, 0.2) is 6.61 Å². The predicted octanol–water partition coefficient (Wildman–Crippen LogP) is 4.24. The molecule has 0 saturated carbocycles. The zero-order valence-electron chi connectivity index (χ0n) is 24.5. The van der Waals surface area contributed by atoms with Gasteiger partial charge in [0.1, 0.15) is 11.9 Å². The van der Waals surface area contributed by atoms with Gasteiger partial charge in [-0.05, 0) is 35.6 Å². The molecule has 0 bridgehead atoms. The smallest absolute Gasteiger partial charge is 0.422 e. The van der Waals surface area contributed by atoms with Crippen molar-refractivity contribution >= 4 is 42.8 Å². The molecule has 0 radical (unpaired) electrons. The molecule has 0 amide bonds. The number of aliphatic hydroxyl groups is 2. The van der Waals surface area contributed by atoms with E-state index in [9.17, 15) is 39.9 Å². The quantitative estimate of drug-likeness (QED) is 0.147. The van der Waals surface area contributed by atoms with Gasteiger partial charge in [0.2, 0.25) is 10.0 Å². The fourth-order valence-electron chi connectivity index (χ4n) is 4.98. The summed E-state index contributed by atoms with van der Waals surface area (Å²) in [7, 11) is -4.27. The lowest BCUT2D eigenvalue weighted by Gasteiger charge is -2.36. The Morgan fingerprint density at radius 1 is 1.13 bits per heavy atom. The van der Waals surface area contributed by atoms with Crippen LogP contribution in [0.5, 0.6) is 5.75 Å². The van der Waals surface area contributed by atoms with Gasteiger partial charge in [-0.3, -0.25) is 4.90 Å². The number of halogens is 7. The number of β-amino-alcohol motifs (C(OH)–C–C–N with tert-alkyl or cyclic N) is 1.